The first-order valence-electron chi connectivity index (χ1n) is 8.30. The molecule has 3 saturated heterocycles. The topological polar surface area (TPSA) is 52.2 Å². The molecule has 1 aromatic rings. The number of piperidine rings is 1. The van der Waals surface area contributed by atoms with Gasteiger partial charge in [0.1, 0.15) is 5.82 Å². The minimum Gasteiger partial charge on any atom is -0.344 e. The number of nitrogens with one attached hydrogen (secondary N) is 1. The number of unbranched alkanes of at least 4 members (excludes halogenated alkanes) is 1. The van der Waals surface area contributed by atoms with E-state index >= 15 is 0 Å². The third-order valence-corrected chi connectivity index (χ3v) is 5.28. The van der Waals surface area contributed by atoms with Crippen molar-refractivity contribution in [3.05, 3.63) is 16.7 Å². The highest BCUT2D eigenvalue weighted by atomic mass is 35.5. The number of amides is 1. The molecule has 4 rings (SSSR count). The van der Waals surface area contributed by atoms with Gasteiger partial charge in [0.05, 0.1) is 11.6 Å². The number of carbonyl (C=O) groups is 1. The minimum absolute atomic E-state index is 0.144. The molecule has 4 heterocycles. The van der Waals surface area contributed by atoms with E-state index in [4.69, 9.17) is 11.6 Å². The summed E-state index contributed by atoms with van der Waals surface area (Å²) < 4.78 is 0. The predicted molar refractivity (Wildman–Crippen MR) is 86.8 cm³/mol. The van der Waals surface area contributed by atoms with E-state index in [0.717, 1.165) is 63.3 Å². The van der Waals surface area contributed by atoms with Crippen molar-refractivity contribution in [2.75, 3.05) is 20.1 Å². The second kappa shape index (κ2) is 6.59. The lowest BCUT2D eigenvalue weighted by Gasteiger charge is -2.32. The average molecular weight is 325 g/mol. The number of rotatable bonds is 5. The number of aryl methyl sites for hydroxylation is 1. The van der Waals surface area contributed by atoms with Crippen molar-refractivity contribution >= 4 is 17.5 Å². The van der Waals surface area contributed by atoms with Gasteiger partial charge in [-0.25, -0.2) is 4.98 Å². The Hall–Kier alpha value is -1.07. The fourth-order valence-electron chi connectivity index (χ4n) is 3.61. The van der Waals surface area contributed by atoms with Gasteiger partial charge in [-0.2, -0.15) is 0 Å². The molecule has 6 heteroatoms. The Labute approximate surface area is 137 Å². The lowest BCUT2D eigenvalue weighted by atomic mass is 9.95. The maximum Gasteiger partial charge on any atom is 0.227 e. The molecule has 5 nitrogen and oxygen atoms in total. The monoisotopic (exact) mass is 324 g/mol. The molecule has 2 bridgehead atoms. The van der Waals surface area contributed by atoms with Gasteiger partial charge in [0.2, 0.25) is 5.91 Å². The van der Waals surface area contributed by atoms with Crippen molar-refractivity contribution in [1.82, 2.24) is 19.8 Å². The zero-order valence-corrected chi connectivity index (χ0v) is 14.2. The Kier molecular flexibility index (Phi) is 4.73. The van der Waals surface area contributed by atoms with E-state index in [0.29, 0.717) is 17.1 Å². The highest BCUT2D eigenvalue weighted by Crippen LogP contribution is 2.29. The number of fused-ring (bicyclic) bond motifs is 4. The van der Waals surface area contributed by atoms with Crippen LogP contribution in [-0.2, 0) is 17.8 Å². The van der Waals surface area contributed by atoms with Crippen LogP contribution in [0.2, 0.25) is 5.15 Å². The van der Waals surface area contributed by atoms with Crippen LogP contribution in [0, 0.1) is 5.92 Å². The molecule has 3 aliphatic rings. The number of nitrogens with zero attached hydrogens (tertiary/aromatic N) is 3. The Morgan fingerprint density at radius 1 is 1.36 bits per heavy atom. The summed E-state index contributed by atoms with van der Waals surface area (Å²) in [7, 11) is 1.94. The Morgan fingerprint density at radius 3 is 2.95 bits per heavy atom. The van der Waals surface area contributed by atoms with Crippen molar-refractivity contribution in [2.45, 2.75) is 51.6 Å². The summed E-state index contributed by atoms with van der Waals surface area (Å²) in [4.78, 5) is 24.3. The molecule has 0 aliphatic carbocycles. The van der Waals surface area contributed by atoms with Crippen LogP contribution in [0.4, 0.5) is 0 Å². The Morgan fingerprint density at radius 2 is 2.18 bits per heavy atom. The molecule has 0 radical (unpaired) electrons. The maximum atomic E-state index is 12.2. The number of likely N-dealkylation sites (N-methyl/N-ethyl adjacent to an activating group) is 1. The molecule has 1 N–H and O–H groups in total. The van der Waals surface area contributed by atoms with Crippen molar-refractivity contribution in [3.8, 4) is 0 Å². The first kappa shape index (κ1) is 15.8. The van der Waals surface area contributed by atoms with Crippen LogP contribution in [-0.4, -0.2) is 51.9 Å². The summed E-state index contributed by atoms with van der Waals surface area (Å²) in [5.74, 6) is 1.43. The Balaban J connectivity index is 1.68. The van der Waals surface area contributed by atoms with Gasteiger partial charge >= 0.3 is 0 Å². The van der Waals surface area contributed by atoms with Crippen LogP contribution in [0.15, 0.2) is 0 Å². The smallest absolute Gasteiger partial charge is 0.227 e. The number of aromatic nitrogens is 2. The minimum atomic E-state index is 0.144. The number of carbonyl (C=O) groups excluding carboxylic acids is 1. The van der Waals surface area contributed by atoms with Gasteiger partial charge in [-0.3, -0.25) is 9.69 Å². The quantitative estimate of drug-likeness (QED) is 0.905. The van der Waals surface area contributed by atoms with Gasteiger partial charge in [-0.05, 0) is 19.3 Å². The van der Waals surface area contributed by atoms with Crippen molar-refractivity contribution < 1.29 is 4.79 Å². The highest BCUT2D eigenvalue weighted by molar-refractivity contribution is 6.30. The van der Waals surface area contributed by atoms with E-state index in [9.17, 15) is 4.79 Å². The van der Waals surface area contributed by atoms with E-state index in [-0.39, 0.29) is 5.92 Å². The number of hydrogen-bond donors (Lipinski definition) is 1. The summed E-state index contributed by atoms with van der Waals surface area (Å²) >= 11 is 6.28. The van der Waals surface area contributed by atoms with E-state index in [1.807, 2.05) is 11.9 Å². The highest BCUT2D eigenvalue weighted by Gasteiger charge is 2.38. The standard InChI is InChI=1S/C16H25ClN4O/c1-3-4-5-14-18-13(15(17)19-14)10-21-8-11-6-7-12(9-21)20(2)16(11)22/h11-12H,3-10H2,1-2H3,(H,18,19)/t11-,12+/m1/s1. The van der Waals surface area contributed by atoms with Crippen LogP contribution in [0.3, 0.4) is 0 Å². The summed E-state index contributed by atoms with van der Waals surface area (Å²) in [5, 5.41) is 0.586. The molecule has 0 spiro atoms. The molecular formula is C16H25ClN4O. The van der Waals surface area contributed by atoms with Crippen LogP contribution in [0.1, 0.15) is 44.1 Å². The first-order chi connectivity index (χ1) is 10.6. The summed E-state index contributed by atoms with van der Waals surface area (Å²) in [6.45, 7) is 4.69. The zero-order valence-electron chi connectivity index (χ0n) is 13.4. The Bertz CT molecular complexity index is 544. The summed E-state index contributed by atoms with van der Waals surface area (Å²) in [6, 6.07) is 0.340. The predicted octanol–water partition coefficient (Wildman–Crippen LogP) is 2.46. The fraction of sp³-hybridized carbons (Fsp3) is 0.750. The number of hydrogen-bond acceptors (Lipinski definition) is 3. The van der Waals surface area contributed by atoms with E-state index in [1.54, 1.807) is 0 Å². The molecule has 1 aromatic heterocycles. The van der Waals surface area contributed by atoms with Crippen LogP contribution in [0.5, 0.6) is 0 Å². The summed E-state index contributed by atoms with van der Waals surface area (Å²) in [6.07, 6.45) is 5.35. The third kappa shape index (κ3) is 3.15. The largest absolute Gasteiger partial charge is 0.344 e. The summed E-state index contributed by atoms with van der Waals surface area (Å²) in [5.41, 5.74) is 0.990. The molecule has 3 fully saturated rings. The number of imidazole rings is 1. The van der Waals surface area contributed by atoms with Gasteiger partial charge in [-0.15, -0.1) is 0 Å². The van der Waals surface area contributed by atoms with Crippen LogP contribution >= 0.6 is 11.6 Å². The van der Waals surface area contributed by atoms with Gasteiger partial charge in [-0.1, -0.05) is 24.9 Å². The van der Waals surface area contributed by atoms with Gasteiger partial charge in [0, 0.05) is 39.1 Å². The van der Waals surface area contributed by atoms with E-state index < -0.39 is 0 Å². The van der Waals surface area contributed by atoms with Gasteiger partial charge in [0.25, 0.3) is 0 Å². The zero-order chi connectivity index (χ0) is 15.7. The lowest BCUT2D eigenvalue weighted by molar-refractivity contribution is -0.138. The molecule has 0 unspecified atom stereocenters. The van der Waals surface area contributed by atoms with Crippen molar-refractivity contribution in [1.29, 1.82) is 0 Å². The molecule has 2 atom stereocenters. The number of halogens is 1. The SMILES string of the molecule is CCCCc1nc(Cl)c(CN2C[C@H]3CC[C@@H](C2)N(C)C3=O)[nH]1. The second-order valence-corrected chi connectivity index (χ2v) is 6.99. The average Bonchev–Trinajstić information content (AvgIpc) is 2.67. The molecule has 3 aliphatic heterocycles. The molecular weight excluding hydrogens is 300 g/mol. The van der Waals surface area contributed by atoms with Crippen molar-refractivity contribution in [3.63, 3.8) is 0 Å². The van der Waals surface area contributed by atoms with Crippen LogP contribution < -0.4 is 0 Å². The number of H-pyrrole nitrogens is 1. The van der Waals surface area contributed by atoms with E-state index in [1.165, 1.54) is 0 Å². The van der Waals surface area contributed by atoms with E-state index in [2.05, 4.69) is 21.8 Å². The van der Waals surface area contributed by atoms with Crippen molar-refractivity contribution in [2.24, 2.45) is 5.92 Å². The molecule has 0 aromatic carbocycles. The first-order valence-corrected chi connectivity index (χ1v) is 8.68. The third-order valence-electron chi connectivity index (χ3n) is 4.97. The second-order valence-electron chi connectivity index (χ2n) is 6.63. The molecule has 0 saturated carbocycles. The number of aromatic amines is 1. The maximum absolute atomic E-state index is 12.2. The molecule has 22 heavy (non-hydrogen) atoms. The molecule has 122 valence electrons. The van der Waals surface area contributed by atoms with Gasteiger partial charge < -0.3 is 9.88 Å². The van der Waals surface area contributed by atoms with Crippen LogP contribution in [0.25, 0.3) is 0 Å². The molecule has 1 amide bonds. The normalized spacial score (nSPS) is 25.8. The fourth-order valence-corrected chi connectivity index (χ4v) is 3.81. The van der Waals surface area contributed by atoms with Gasteiger partial charge in [0.15, 0.2) is 5.15 Å². The lowest BCUT2D eigenvalue weighted by Crippen LogP contribution is -2.45.